The van der Waals surface area contributed by atoms with Gasteiger partial charge in [-0.1, -0.05) is 26.0 Å². The van der Waals surface area contributed by atoms with Gasteiger partial charge in [0.1, 0.15) is 0 Å². The van der Waals surface area contributed by atoms with E-state index in [0.29, 0.717) is 17.4 Å². The molecule has 1 aliphatic rings. The summed E-state index contributed by atoms with van der Waals surface area (Å²) in [7, 11) is -1.52. The molecule has 5 heteroatoms. The fourth-order valence-corrected chi connectivity index (χ4v) is 3.57. The third kappa shape index (κ3) is 3.40. The molecule has 0 bridgehead atoms. The zero-order chi connectivity index (χ0) is 14.8. The quantitative estimate of drug-likeness (QED) is 0.810. The summed E-state index contributed by atoms with van der Waals surface area (Å²) >= 11 is 0. The Hall–Kier alpha value is -0.910. The van der Waals surface area contributed by atoms with Crippen LogP contribution < -0.4 is 10.0 Å². The summed E-state index contributed by atoms with van der Waals surface area (Å²) in [6, 6.07) is 7.04. The first kappa shape index (κ1) is 15.5. The molecule has 0 amide bonds. The van der Waals surface area contributed by atoms with Crippen molar-refractivity contribution in [2.45, 2.75) is 38.1 Å². The van der Waals surface area contributed by atoms with Crippen molar-refractivity contribution in [3.63, 3.8) is 0 Å². The Balaban J connectivity index is 2.03. The summed E-state index contributed by atoms with van der Waals surface area (Å²) in [4.78, 5) is 0.344. The number of nitrogens with one attached hydrogen (secondary N) is 2. The van der Waals surface area contributed by atoms with E-state index in [1.807, 2.05) is 19.2 Å². The van der Waals surface area contributed by atoms with E-state index >= 15 is 0 Å². The Kier molecular flexibility index (Phi) is 4.52. The van der Waals surface area contributed by atoms with E-state index in [1.54, 1.807) is 12.1 Å². The van der Waals surface area contributed by atoms with Gasteiger partial charge in [-0.3, -0.25) is 0 Å². The van der Waals surface area contributed by atoms with Crippen LogP contribution in [0.15, 0.2) is 29.2 Å². The largest absolute Gasteiger partial charge is 0.316 e. The van der Waals surface area contributed by atoms with Crippen LogP contribution in [-0.2, 0) is 16.6 Å². The lowest BCUT2D eigenvalue weighted by atomic mass is 9.93. The molecule has 0 aromatic heterocycles. The zero-order valence-corrected chi connectivity index (χ0v) is 13.3. The highest BCUT2D eigenvalue weighted by molar-refractivity contribution is 7.89. The van der Waals surface area contributed by atoms with Gasteiger partial charge >= 0.3 is 0 Å². The molecule has 20 heavy (non-hydrogen) atoms. The Labute approximate surface area is 122 Å². The van der Waals surface area contributed by atoms with Crippen LogP contribution in [0, 0.1) is 11.3 Å². The topological polar surface area (TPSA) is 58.2 Å². The smallest absolute Gasteiger partial charge is 0.240 e. The van der Waals surface area contributed by atoms with Crippen LogP contribution in [0.2, 0.25) is 0 Å². The number of sulfonamides is 1. The predicted octanol–water partition coefficient (Wildman–Crippen LogP) is 2.12. The SMILES string of the molecule is CNCc1ccc(S(=O)(=O)NCC2(C(C)C)CC2)cc1. The molecule has 4 nitrogen and oxygen atoms in total. The van der Waals surface area contributed by atoms with Crippen molar-refractivity contribution < 1.29 is 8.42 Å². The molecular weight excluding hydrogens is 272 g/mol. The van der Waals surface area contributed by atoms with Gasteiger partial charge in [0.05, 0.1) is 4.90 Å². The molecule has 1 aromatic carbocycles. The van der Waals surface area contributed by atoms with Gasteiger partial charge in [-0.15, -0.1) is 0 Å². The van der Waals surface area contributed by atoms with E-state index in [1.165, 1.54) is 0 Å². The second kappa shape index (κ2) is 5.84. The molecule has 0 spiro atoms. The monoisotopic (exact) mass is 296 g/mol. The maximum absolute atomic E-state index is 12.3. The Morgan fingerprint density at radius 1 is 1.20 bits per heavy atom. The molecule has 0 saturated heterocycles. The molecule has 2 N–H and O–H groups in total. The summed E-state index contributed by atoms with van der Waals surface area (Å²) in [5, 5.41) is 3.04. The van der Waals surface area contributed by atoms with Crippen LogP contribution >= 0.6 is 0 Å². The average Bonchev–Trinajstić information content (AvgIpc) is 3.19. The fraction of sp³-hybridized carbons (Fsp3) is 0.600. The number of hydrogen-bond acceptors (Lipinski definition) is 3. The van der Waals surface area contributed by atoms with Crippen LogP contribution in [0.1, 0.15) is 32.3 Å². The lowest BCUT2D eigenvalue weighted by molar-refractivity contribution is 0.357. The first-order valence-electron chi connectivity index (χ1n) is 7.13. The van der Waals surface area contributed by atoms with Gasteiger partial charge < -0.3 is 5.32 Å². The van der Waals surface area contributed by atoms with Crippen LogP contribution in [0.4, 0.5) is 0 Å². The summed E-state index contributed by atoms with van der Waals surface area (Å²) < 4.78 is 27.3. The van der Waals surface area contributed by atoms with Crippen molar-refractivity contribution in [3.05, 3.63) is 29.8 Å². The maximum atomic E-state index is 12.3. The molecule has 0 radical (unpaired) electrons. The standard InChI is InChI=1S/C15H24N2O2S/c1-12(2)15(8-9-15)11-17-20(18,19)14-6-4-13(5-7-14)10-16-3/h4-7,12,16-17H,8-11H2,1-3H3. The minimum Gasteiger partial charge on any atom is -0.316 e. The van der Waals surface area contributed by atoms with E-state index < -0.39 is 10.0 Å². The highest BCUT2D eigenvalue weighted by Gasteiger charge is 2.45. The van der Waals surface area contributed by atoms with E-state index in [2.05, 4.69) is 23.9 Å². The van der Waals surface area contributed by atoms with Crippen LogP contribution in [0.3, 0.4) is 0 Å². The molecular formula is C15H24N2O2S. The Morgan fingerprint density at radius 3 is 2.25 bits per heavy atom. The Morgan fingerprint density at radius 2 is 1.80 bits per heavy atom. The van der Waals surface area contributed by atoms with E-state index in [9.17, 15) is 8.42 Å². The number of benzene rings is 1. The van der Waals surface area contributed by atoms with Crippen LogP contribution in [0.5, 0.6) is 0 Å². The molecule has 0 heterocycles. The summed E-state index contributed by atoms with van der Waals surface area (Å²) in [6.45, 7) is 5.61. The molecule has 1 aliphatic carbocycles. The predicted molar refractivity (Wildman–Crippen MR) is 80.9 cm³/mol. The number of rotatable bonds is 7. The second-order valence-electron chi connectivity index (χ2n) is 6.02. The number of hydrogen-bond donors (Lipinski definition) is 2. The molecule has 0 atom stereocenters. The van der Waals surface area contributed by atoms with Crippen LogP contribution in [0.25, 0.3) is 0 Å². The van der Waals surface area contributed by atoms with Gasteiger partial charge in [0.15, 0.2) is 0 Å². The average molecular weight is 296 g/mol. The molecule has 0 aliphatic heterocycles. The highest BCUT2D eigenvalue weighted by atomic mass is 32.2. The van der Waals surface area contributed by atoms with Gasteiger partial charge in [0.2, 0.25) is 10.0 Å². The summed E-state index contributed by atoms with van der Waals surface area (Å²) in [5.41, 5.74) is 1.26. The third-order valence-corrected chi connectivity index (χ3v) is 5.76. The van der Waals surface area contributed by atoms with Crippen molar-refractivity contribution in [2.75, 3.05) is 13.6 Å². The van der Waals surface area contributed by atoms with E-state index in [4.69, 9.17) is 0 Å². The summed E-state index contributed by atoms with van der Waals surface area (Å²) in [5.74, 6) is 0.517. The Bertz CT molecular complexity index is 546. The maximum Gasteiger partial charge on any atom is 0.240 e. The minimum atomic E-state index is -3.39. The molecule has 1 saturated carbocycles. The summed E-state index contributed by atoms with van der Waals surface area (Å²) in [6.07, 6.45) is 2.24. The lowest BCUT2D eigenvalue weighted by Crippen LogP contribution is -2.32. The van der Waals surface area contributed by atoms with Crippen LogP contribution in [-0.4, -0.2) is 22.0 Å². The first-order chi connectivity index (χ1) is 9.39. The molecule has 2 rings (SSSR count). The van der Waals surface area contributed by atoms with Crippen molar-refractivity contribution in [3.8, 4) is 0 Å². The second-order valence-corrected chi connectivity index (χ2v) is 7.78. The van der Waals surface area contributed by atoms with Crippen molar-refractivity contribution >= 4 is 10.0 Å². The van der Waals surface area contributed by atoms with Crippen molar-refractivity contribution in [2.24, 2.45) is 11.3 Å². The van der Waals surface area contributed by atoms with Gasteiger partial charge in [-0.2, -0.15) is 0 Å². The van der Waals surface area contributed by atoms with Gasteiger partial charge in [-0.05, 0) is 48.9 Å². The molecule has 1 fully saturated rings. The first-order valence-corrected chi connectivity index (χ1v) is 8.61. The molecule has 1 aromatic rings. The van der Waals surface area contributed by atoms with E-state index in [0.717, 1.165) is 24.9 Å². The van der Waals surface area contributed by atoms with Gasteiger partial charge in [0.25, 0.3) is 0 Å². The molecule has 112 valence electrons. The zero-order valence-electron chi connectivity index (χ0n) is 12.4. The normalized spacial score (nSPS) is 17.4. The lowest BCUT2D eigenvalue weighted by Gasteiger charge is -2.20. The highest BCUT2D eigenvalue weighted by Crippen LogP contribution is 2.51. The van der Waals surface area contributed by atoms with Gasteiger partial charge in [0, 0.05) is 13.1 Å². The van der Waals surface area contributed by atoms with Crippen molar-refractivity contribution in [1.82, 2.24) is 10.0 Å². The van der Waals surface area contributed by atoms with E-state index in [-0.39, 0.29) is 5.41 Å². The molecule has 0 unspecified atom stereocenters. The van der Waals surface area contributed by atoms with Gasteiger partial charge in [-0.25, -0.2) is 13.1 Å². The third-order valence-electron chi connectivity index (χ3n) is 4.35. The minimum absolute atomic E-state index is 0.180. The van der Waals surface area contributed by atoms with Crippen molar-refractivity contribution in [1.29, 1.82) is 0 Å². The fourth-order valence-electron chi connectivity index (χ4n) is 2.43.